The van der Waals surface area contributed by atoms with Crippen molar-refractivity contribution in [3.8, 4) is 5.75 Å². The van der Waals surface area contributed by atoms with E-state index < -0.39 is 72.3 Å². The average Bonchev–Trinajstić information content (AvgIpc) is 3.56. The summed E-state index contributed by atoms with van der Waals surface area (Å²) in [4.78, 5) is 56.1. The van der Waals surface area contributed by atoms with Gasteiger partial charge in [-0.25, -0.2) is 9.59 Å². The number of carboxylic acids is 1. The van der Waals surface area contributed by atoms with Crippen molar-refractivity contribution < 1.29 is 54.2 Å². The third-order valence-corrected chi connectivity index (χ3v) is 13.7. The summed E-state index contributed by atoms with van der Waals surface area (Å²) in [6, 6.07) is 1.64. The molecule has 56 heavy (non-hydrogen) atoms. The van der Waals surface area contributed by atoms with Crippen LogP contribution in [-0.4, -0.2) is 152 Å². The summed E-state index contributed by atoms with van der Waals surface area (Å²) in [6.07, 6.45) is 0.536. The molecule has 3 aliphatic heterocycles. The molecule has 0 unspecified atom stereocenters. The fourth-order valence-electron chi connectivity index (χ4n) is 11.3. The van der Waals surface area contributed by atoms with Crippen LogP contribution in [0.5, 0.6) is 5.75 Å². The molecule has 4 bridgehead atoms. The van der Waals surface area contributed by atoms with Gasteiger partial charge in [0.05, 0.1) is 37.0 Å². The molecule has 310 valence electrons. The number of carboxylic acid groups (broad SMARTS) is 1. The molecule has 7 aliphatic rings. The van der Waals surface area contributed by atoms with E-state index in [1.54, 1.807) is 13.8 Å². The van der Waals surface area contributed by atoms with Gasteiger partial charge in [-0.05, 0) is 99.8 Å². The van der Waals surface area contributed by atoms with E-state index >= 15 is 0 Å². The summed E-state index contributed by atoms with van der Waals surface area (Å²) in [5.74, 6) is -0.383. The van der Waals surface area contributed by atoms with Crippen LogP contribution in [-0.2, 0) is 19.1 Å². The predicted octanol–water partition coefficient (Wildman–Crippen LogP) is 0.784. The zero-order valence-electron chi connectivity index (χ0n) is 32.7. The fourth-order valence-corrected chi connectivity index (χ4v) is 11.3. The second-order valence-corrected chi connectivity index (χ2v) is 17.9. The molecule has 4 aliphatic carbocycles. The van der Waals surface area contributed by atoms with E-state index in [0.29, 0.717) is 68.1 Å². The number of aliphatic hydroxyl groups is 3. The van der Waals surface area contributed by atoms with Crippen LogP contribution in [0, 0.1) is 31.6 Å². The van der Waals surface area contributed by atoms with Gasteiger partial charge in [-0.3, -0.25) is 14.5 Å². The molecule has 1 aromatic rings. The summed E-state index contributed by atoms with van der Waals surface area (Å²) in [5.41, 5.74) is -1.51. The molecule has 8 rings (SSSR count). The molecule has 1 spiro atoms. The number of carbonyl (C=O) groups excluding carboxylic acids is 3. The third kappa shape index (κ3) is 7.97. The van der Waals surface area contributed by atoms with E-state index in [1.165, 1.54) is 38.3 Å². The maximum absolute atomic E-state index is 13.8. The van der Waals surface area contributed by atoms with E-state index in [9.17, 15) is 44.7 Å². The molecule has 3 saturated heterocycles. The Morgan fingerprint density at radius 1 is 0.982 bits per heavy atom. The standard InChI is InChI=1S/C40H59N5O11/c1-22-10-28(11-23(2)32(22)49)35(51)41-19-30(48)33(50)34-31(42-24(3)46)29(47)18-40(56-34,36(52)53)5-7-45-8-9-55-21-39(45)4-6-44(20-39)37(54)43-38-15-25-12-26(16-38)14-27(13-25)17-38/h10-11,25-27,29-31,33-34,47-50H,4-9,12-21H2,1-3H3,(H,41,51)(H,42,46)(H,43,54)(H,52,53)/t25?,26?,27?,29-,30+,31+,33+,34+,38?,39-,40+/m0/s1. The molecule has 1 aromatic carbocycles. The molecule has 7 fully saturated rings. The molecule has 16 heteroatoms. The molecule has 0 radical (unpaired) electrons. The molecular formula is C40H59N5O11. The molecule has 4 amide bonds. The van der Waals surface area contributed by atoms with Crippen molar-refractivity contribution in [1.29, 1.82) is 0 Å². The Kier molecular flexibility index (Phi) is 11.4. The van der Waals surface area contributed by atoms with E-state index in [4.69, 9.17) is 9.47 Å². The predicted molar refractivity (Wildman–Crippen MR) is 201 cm³/mol. The van der Waals surface area contributed by atoms with E-state index in [0.717, 1.165) is 19.3 Å². The second-order valence-electron chi connectivity index (χ2n) is 17.9. The number of urea groups is 1. The molecule has 16 nitrogen and oxygen atoms in total. The van der Waals surface area contributed by atoms with Gasteiger partial charge in [0, 0.05) is 63.6 Å². The number of phenolic OH excluding ortho intramolecular Hbond substituents is 1. The number of likely N-dealkylation sites (tertiary alicyclic amines) is 1. The largest absolute Gasteiger partial charge is 0.507 e. The van der Waals surface area contributed by atoms with Crippen molar-refractivity contribution in [2.24, 2.45) is 17.8 Å². The minimum atomic E-state index is -2.02. The first-order chi connectivity index (χ1) is 26.5. The van der Waals surface area contributed by atoms with Crippen molar-refractivity contribution in [1.82, 2.24) is 25.8 Å². The van der Waals surface area contributed by atoms with Crippen LogP contribution in [0.2, 0.25) is 0 Å². The summed E-state index contributed by atoms with van der Waals surface area (Å²) in [7, 11) is 0. The highest BCUT2D eigenvalue weighted by Gasteiger charge is 2.56. The Bertz CT molecular complexity index is 1630. The number of hydrogen-bond donors (Lipinski definition) is 8. The molecule has 0 aromatic heterocycles. The lowest BCUT2D eigenvalue weighted by atomic mass is 9.53. The number of aliphatic hydroxyl groups excluding tert-OH is 3. The minimum absolute atomic E-state index is 0.0553. The first-order valence-corrected chi connectivity index (χ1v) is 20.2. The number of amides is 4. The van der Waals surface area contributed by atoms with Gasteiger partial charge in [0.15, 0.2) is 5.60 Å². The van der Waals surface area contributed by atoms with Crippen molar-refractivity contribution >= 4 is 23.8 Å². The number of ether oxygens (including phenoxy) is 2. The number of hydrogen-bond acceptors (Lipinski definition) is 11. The van der Waals surface area contributed by atoms with Crippen molar-refractivity contribution in [3.63, 3.8) is 0 Å². The number of rotatable bonds is 11. The zero-order valence-corrected chi connectivity index (χ0v) is 32.7. The number of nitrogens with one attached hydrogen (secondary N) is 3. The zero-order chi connectivity index (χ0) is 40.2. The average molecular weight is 786 g/mol. The Balaban J connectivity index is 1.02. The molecule has 3 heterocycles. The monoisotopic (exact) mass is 785 g/mol. The van der Waals surface area contributed by atoms with Crippen molar-refractivity contribution in [2.75, 3.05) is 45.9 Å². The molecular weight excluding hydrogens is 726 g/mol. The highest BCUT2D eigenvalue weighted by atomic mass is 16.6. The van der Waals surface area contributed by atoms with Gasteiger partial charge < -0.3 is 55.9 Å². The van der Waals surface area contributed by atoms with Crippen LogP contribution in [0.1, 0.15) is 86.2 Å². The fraction of sp³-hybridized carbons (Fsp3) is 0.750. The van der Waals surface area contributed by atoms with Crippen LogP contribution in [0.3, 0.4) is 0 Å². The highest BCUT2D eigenvalue weighted by Crippen LogP contribution is 2.55. The Morgan fingerprint density at radius 3 is 2.23 bits per heavy atom. The number of aromatic hydroxyl groups is 1. The minimum Gasteiger partial charge on any atom is -0.507 e. The molecule has 4 saturated carbocycles. The van der Waals surface area contributed by atoms with Crippen LogP contribution in [0.15, 0.2) is 12.1 Å². The number of phenols is 1. The second kappa shape index (κ2) is 15.7. The van der Waals surface area contributed by atoms with E-state index in [-0.39, 0.29) is 35.8 Å². The van der Waals surface area contributed by atoms with Crippen LogP contribution < -0.4 is 16.0 Å². The first kappa shape index (κ1) is 40.6. The SMILES string of the molecule is CC(=O)N[C@H]1[C@H]([C@H](O)[C@H](O)CNC(=O)c2cc(C)c(O)c(C)c2)O[C@@](CCN2CCOC[C@@]23CCN(C(=O)NC24CC5CC(CC(C5)C2)C4)C3)(C(=O)O)C[C@@H]1O. The molecule has 8 N–H and O–H groups in total. The summed E-state index contributed by atoms with van der Waals surface area (Å²) >= 11 is 0. The number of aryl methyl sites for hydroxylation is 2. The molecule has 7 atom stereocenters. The summed E-state index contributed by atoms with van der Waals surface area (Å²) < 4.78 is 12.2. The van der Waals surface area contributed by atoms with E-state index in [1.807, 2.05) is 4.90 Å². The van der Waals surface area contributed by atoms with Gasteiger partial charge in [0.1, 0.15) is 18.0 Å². The number of benzene rings is 1. The highest BCUT2D eigenvalue weighted by molar-refractivity contribution is 5.95. The van der Waals surface area contributed by atoms with Gasteiger partial charge in [-0.2, -0.15) is 0 Å². The first-order valence-electron chi connectivity index (χ1n) is 20.2. The number of morpholine rings is 1. The van der Waals surface area contributed by atoms with Gasteiger partial charge in [-0.15, -0.1) is 0 Å². The summed E-state index contributed by atoms with van der Waals surface area (Å²) in [6.45, 7) is 6.46. The van der Waals surface area contributed by atoms with Crippen LogP contribution in [0.4, 0.5) is 4.79 Å². The lowest BCUT2D eigenvalue weighted by Crippen LogP contribution is -2.68. The third-order valence-electron chi connectivity index (χ3n) is 13.7. The quantitative estimate of drug-likeness (QED) is 0.156. The smallest absolute Gasteiger partial charge is 0.336 e. The lowest BCUT2D eigenvalue weighted by Gasteiger charge is -2.57. The maximum atomic E-state index is 13.8. The topological polar surface area (TPSA) is 230 Å². The van der Waals surface area contributed by atoms with Crippen molar-refractivity contribution in [3.05, 3.63) is 28.8 Å². The van der Waals surface area contributed by atoms with Crippen molar-refractivity contribution in [2.45, 2.75) is 126 Å². The normalized spacial score (nSPS) is 36.3. The summed E-state index contributed by atoms with van der Waals surface area (Å²) in [5, 5.41) is 63.2. The Morgan fingerprint density at radius 2 is 1.62 bits per heavy atom. The van der Waals surface area contributed by atoms with Gasteiger partial charge in [0.25, 0.3) is 5.91 Å². The van der Waals surface area contributed by atoms with Gasteiger partial charge in [0.2, 0.25) is 5.91 Å². The lowest BCUT2D eigenvalue weighted by molar-refractivity contribution is -0.231. The van der Waals surface area contributed by atoms with E-state index in [2.05, 4.69) is 20.9 Å². The van der Waals surface area contributed by atoms with Gasteiger partial charge >= 0.3 is 12.0 Å². The van der Waals surface area contributed by atoms with Crippen LogP contribution >= 0.6 is 0 Å². The Hall–Kier alpha value is -3.54. The number of carbonyl (C=O) groups is 4. The number of aliphatic carboxylic acids is 1. The maximum Gasteiger partial charge on any atom is 0.336 e. The number of nitrogens with zero attached hydrogens (tertiary/aromatic N) is 2. The Labute approximate surface area is 327 Å². The van der Waals surface area contributed by atoms with Gasteiger partial charge in [-0.1, -0.05) is 0 Å². The van der Waals surface area contributed by atoms with Crippen LogP contribution in [0.25, 0.3) is 0 Å².